The van der Waals surface area contributed by atoms with Gasteiger partial charge in [0.1, 0.15) is 6.07 Å². The number of carbonyl (C=O) groups is 1. The van der Waals surface area contributed by atoms with Crippen molar-refractivity contribution in [1.82, 2.24) is 4.98 Å². The SMILES string of the molecule is CC(=O)SCCC=Cc1cnc(C#N)c([N+](=O)[O-])c1. The molecule has 1 heterocycles. The van der Waals surface area contributed by atoms with Crippen molar-refractivity contribution < 1.29 is 9.72 Å². The van der Waals surface area contributed by atoms with E-state index in [1.54, 1.807) is 12.1 Å². The monoisotopic (exact) mass is 277 g/mol. The predicted octanol–water partition coefficient (Wildman–Crippen LogP) is 2.54. The molecule has 1 aromatic heterocycles. The Kier molecular flexibility index (Phi) is 5.70. The molecule has 0 aliphatic carbocycles. The van der Waals surface area contributed by atoms with Crippen LogP contribution in [0.4, 0.5) is 5.69 Å². The average Bonchev–Trinajstić information content (AvgIpc) is 2.37. The Morgan fingerprint density at radius 2 is 2.42 bits per heavy atom. The first-order chi connectivity index (χ1) is 9.04. The van der Waals surface area contributed by atoms with Gasteiger partial charge >= 0.3 is 5.69 Å². The highest BCUT2D eigenvalue weighted by atomic mass is 32.2. The maximum Gasteiger partial charge on any atom is 0.306 e. The topological polar surface area (TPSA) is 96.9 Å². The van der Waals surface area contributed by atoms with E-state index in [-0.39, 0.29) is 16.5 Å². The summed E-state index contributed by atoms with van der Waals surface area (Å²) in [5.74, 6) is 0.664. The number of hydrogen-bond acceptors (Lipinski definition) is 6. The van der Waals surface area contributed by atoms with E-state index in [4.69, 9.17) is 5.26 Å². The summed E-state index contributed by atoms with van der Waals surface area (Å²) in [4.78, 5) is 24.5. The van der Waals surface area contributed by atoms with E-state index in [9.17, 15) is 14.9 Å². The van der Waals surface area contributed by atoms with Crippen LogP contribution >= 0.6 is 11.8 Å². The summed E-state index contributed by atoms with van der Waals surface area (Å²) >= 11 is 1.22. The molecule has 98 valence electrons. The maximum atomic E-state index is 10.7. The second-order valence-electron chi connectivity index (χ2n) is 3.54. The molecule has 0 amide bonds. The van der Waals surface area contributed by atoms with Gasteiger partial charge in [-0.2, -0.15) is 5.26 Å². The Morgan fingerprint density at radius 1 is 1.68 bits per heavy atom. The zero-order valence-electron chi connectivity index (χ0n) is 10.2. The number of aromatic nitrogens is 1. The first-order valence-electron chi connectivity index (χ1n) is 5.39. The Bertz CT molecular complexity index is 564. The van der Waals surface area contributed by atoms with Gasteiger partial charge in [0.2, 0.25) is 5.69 Å². The summed E-state index contributed by atoms with van der Waals surface area (Å²) in [6.45, 7) is 1.50. The minimum atomic E-state index is -0.630. The van der Waals surface area contributed by atoms with Gasteiger partial charge in [0.25, 0.3) is 0 Å². The molecule has 6 nitrogen and oxygen atoms in total. The van der Waals surface area contributed by atoms with Crippen molar-refractivity contribution in [3.63, 3.8) is 0 Å². The molecule has 0 aliphatic heterocycles. The lowest BCUT2D eigenvalue weighted by Crippen LogP contribution is -1.95. The first-order valence-corrected chi connectivity index (χ1v) is 6.37. The molecule has 1 aromatic rings. The molecule has 0 atom stereocenters. The Balaban J connectivity index is 2.72. The Labute approximate surface area is 114 Å². The molecule has 1 rings (SSSR count). The second kappa shape index (κ2) is 7.28. The molecule has 0 aromatic carbocycles. The molecule has 0 saturated carbocycles. The summed E-state index contributed by atoms with van der Waals surface area (Å²) in [5, 5.41) is 19.5. The minimum Gasteiger partial charge on any atom is -0.288 e. The van der Waals surface area contributed by atoms with Crippen molar-refractivity contribution in [2.24, 2.45) is 0 Å². The highest BCUT2D eigenvalue weighted by Gasteiger charge is 2.14. The molecular formula is C12H11N3O3S. The van der Waals surface area contributed by atoms with E-state index in [0.717, 1.165) is 0 Å². The Hall–Kier alpha value is -2.20. The fraction of sp³-hybridized carbons (Fsp3) is 0.250. The van der Waals surface area contributed by atoms with Crippen LogP contribution in [0.2, 0.25) is 0 Å². The number of nitro groups is 1. The molecule has 0 N–H and O–H groups in total. The van der Waals surface area contributed by atoms with Gasteiger partial charge in [-0.15, -0.1) is 0 Å². The average molecular weight is 277 g/mol. The van der Waals surface area contributed by atoms with Crippen molar-refractivity contribution in [3.05, 3.63) is 39.7 Å². The quantitative estimate of drug-likeness (QED) is 0.466. The van der Waals surface area contributed by atoms with Gasteiger partial charge in [-0.25, -0.2) is 4.98 Å². The van der Waals surface area contributed by atoms with E-state index in [2.05, 4.69) is 4.98 Å². The van der Waals surface area contributed by atoms with Crippen molar-refractivity contribution in [3.8, 4) is 6.07 Å². The molecule has 0 unspecified atom stereocenters. The smallest absolute Gasteiger partial charge is 0.288 e. The summed E-state index contributed by atoms with van der Waals surface area (Å²) in [5.41, 5.74) is 0.0515. The molecule has 19 heavy (non-hydrogen) atoms. The van der Waals surface area contributed by atoms with E-state index < -0.39 is 4.92 Å². The van der Waals surface area contributed by atoms with E-state index in [0.29, 0.717) is 17.7 Å². The molecule has 0 aliphatic rings. The van der Waals surface area contributed by atoms with Crippen LogP contribution < -0.4 is 0 Å². The van der Waals surface area contributed by atoms with Crippen LogP contribution in [0, 0.1) is 21.4 Å². The van der Waals surface area contributed by atoms with E-state index >= 15 is 0 Å². The number of hydrogen-bond donors (Lipinski definition) is 0. The van der Waals surface area contributed by atoms with Gasteiger partial charge in [0, 0.05) is 24.9 Å². The molecule has 0 bridgehead atoms. The number of rotatable bonds is 5. The molecule has 0 spiro atoms. The lowest BCUT2D eigenvalue weighted by molar-refractivity contribution is -0.385. The van der Waals surface area contributed by atoms with Crippen molar-refractivity contribution in [2.45, 2.75) is 13.3 Å². The van der Waals surface area contributed by atoms with Gasteiger partial charge in [-0.05, 0) is 12.0 Å². The van der Waals surface area contributed by atoms with Crippen LogP contribution in [0.3, 0.4) is 0 Å². The molecule has 0 saturated heterocycles. The molecule has 7 heteroatoms. The fourth-order valence-electron chi connectivity index (χ4n) is 1.28. The van der Waals surface area contributed by atoms with Crippen LogP contribution in [0.25, 0.3) is 6.08 Å². The molecule has 0 radical (unpaired) electrons. The first kappa shape index (κ1) is 14.9. The summed E-state index contributed by atoms with van der Waals surface area (Å²) in [6, 6.07) is 2.98. The van der Waals surface area contributed by atoms with Crippen LogP contribution in [-0.2, 0) is 4.79 Å². The second-order valence-corrected chi connectivity index (χ2v) is 4.81. The largest absolute Gasteiger partial charge is 0.306 e. The van der Waals surface area contributed by atoms with Crippen molar-refractivity contribution in [1.29, 1.82) is 5.26 Å². The van der Waals surface area contributed by atoms with Gasteiger partial charge in [-0.1, -0.05) is 23.9 Å². The molecular weight excluding hydrogens is 266 g/mol. The number of allylic oxidation sites excluding steroid dienone is 1. The summed E-state index contributed by atoms with van der Waals surface area (Å²) in [6.07, 6.45) is 5.57. The highest BCUT2D eigenvalue weighted by molar-refractivity contribution is 8.13. The lowest BCUT2D eigenvalue weighted by atomic mass is 10.2. The van der Waals surface area contributed by atoms with Crippen molar-refractivity contribution in [2.75, 3.05) is 5.75 Å². The highest BCUT2D eigenvalue weighted by Crippen LogP contribution is 2.18. The number of nitriles is 1. The van der Waals surface area contributed by atoms with Gasteiger partial charge in [0.05, 0.1) is 4.92 Å². The summed E-state index contributed by atoms with van der Waals surface area (Å²) < 4.78 is 0. The number of carbonyl (C=O) groups excluding carboxylic acids is 1. The zero-order chi connectivity index (χ0) is 14.3. The van der Waals surface area contributed by atoms with Gasteiger partial charge in [0.15, 0.2) is 5.12 Å². The lowest BCUT2D eigenvalue weighted by Gasteiger charge is -1.96. The third-order valence-electron chi connectivity index (χ3n) is 2.09. The van der Waals surface area contributed by atoms with Crippen molar-refractivity contribution >= 4 is 28.6 Å². The van der Waals surface area contributed by atoms with Gasteiger partial charge < -0.3 is 0 Å². The fourth-order valence-corrected chi connectivity index (χ4v) is 1.82. The summed E-state index contributed by atoms with van der Waals surface area (Å²) in [7, 11) is 0. The number of nitrogens with zero attached hydrogens (tertiary/aromatic N) is 3. The van der Waals surface area contributed by atoms with Crippen LogP contribution in [-0.4, -0.2) is 20.8 Å². The normalized spacial score (nSPS) is 10.3. The standard InChI is InChI=1S/C12H11N3O3S/c1-9(16)19-5-3-2-4-10-6-12(15(17)18)11(7-13)14-8-10/h2,4,6,8H,3,5H2,1H3. The zero-order valence-corrected chi connectivity index (χ0v) is 11.0. The van der Waals surface area contributed by atoms with E-state index in [1.807, 2.05) is 6.08 Å². The third kappa shape index (κ3) is 4.89. The van der Waals surface area contributed by atoms with E-state index in [1.165, 1.54) is 30.9 Å². The Morgan fingerprint density at radius 3 is 3.00 bits per heavy atom. The molecule has 0 fully saturated rings. The third-order valence-corrected chi connectivity index (χ3v) is 2.94. The maximum absolute atomic E-state index is 10.7. The van der Waals surface area contributed by atoms with Crippen LogP contribution in [0.1, 0.15) is 24.6 Å². The van der Waals surface area contributed by atoms with Gasteiger partial charge in [-0.3, -0.25) is 14.9 Å². The number of pyridine rings is 1. The minimum absolute atomic E-state index is 0.0593. The van der Waals surface area contributed by atoms with Crippen LogP contribution in [0.5, 0.6) is 0 Å². The predicted molar refractivity (Wildman–Crippen MR) is 72.4 cm³/mol. The number of thioether (sulfide) groups is 1. The van der Waals surface area contributed by atoms with Crippen LogP contribution in [0.15, 0.2) is 18.3 Å².